The van der Waals surface area contributed by atoms with Crippen molar-refractivity contribution in [1.82, 2.24) is 20.0 Å². The molecule has 4 nitrogen and oxygen atoms in total. The maximum atomic E-state index is 4.38. The molecule has 2 rings (SSSR count). The molecule has 1 saturated heterocycles. The van der Waals surface area contributed by atoms with E-state index >= 15 is 0 Å². The van der Waals surface area contributed by atoms with Crippen molar-refractivity contribution in [3.8, 4) is 0 Å². The van der Waals surface area contributed by atoms with Crippen molar-refractivity contribution in [2.75, 3.05) is 13.1 Å². The smallest absolute Gasteiger partial charge is 0.0534 e. The second-order valence-electron chi connectivity index (χ2n) is 5.59. The van der Waals surface area contributed by atoms with Gasteiger partial charge in [-0.1, -0.05) is 20.3 Å². The fourth-order valence-electron chi connectivity index (χ4n) is 2.96. The molecule has 0 amide bonds. The molecule has 1 aliphatic rings. The van der Waals surface area contributed by atoms with Gasteiger partial charge in [-0.3, -0.25) is 9.58 Å². The predicted molar refractivity (Wildman–Crippen MR) is 79.1 cm³/mol. The van der Waals surface area contributed by atoms with E-state index in [0.717, 1.165) is 19.6 Å². The summed E-state index contributed by atoms with van der Waals surface area (Å²) in [7, 11) is 0. The van der Waals surface area contributed by atoms with Gasteiger partial charge in [0.1, 0.15) is 0 Å². The number of piperazine rings is 1. The van der Waals surface area contributed by atoms with Crippen LogP contribution in [0.4, 0.5) is 0 Å². The second-order valence-corrected chi connectivity index (χ2v) is 5.59. The van der Waals surface area contributed by atoms with Gasteiger partial charge in [0.25, 0.3) is 0 Å². The lowest BCUT2D eigenvalue weighted by Gasteiger charge is -2.40. The summed E-state index contributed by atoms with van der Waals surface area (Å²) in [5.74, 6) is 0. The number of hydrogen-bond donors (Lipinski definition) is 1. The van der Waals surface area contributed by atoms with E-state index in [1.807, 2.05) is 10.9 Å². The maximum Gasteiger partial charge on any atom is 0.0534 e. The molecule has 108 valence electrons. The van der Waals surface area contributed by atoms with Crippen LogP contribution in [0.2, 0.25) is 0 Å². The molecule has 0 aromatic carbocycles. The monoisotopic (exact) mass is 264 g/mol. The van der Waals surface area contributed by atoms with Gasteiger partial charge in [-0.05, 0) is 19.8 Å². The van der Waals surface area contributed by atoms with Crippen molar-refractivity contribution in [2.24, 2.45) is 0 Å². The van der Waals surface area contributed by atoms with Crippen LogP contribution in [0.15, 0.2) is 12.4 Å². The summed E-state index contributed by atoms with van der Waals surface area (Å²) in [5.41, 5.74) is 1.34. The van der Waals surface area contributed by atoms with Crippen LogP contribution in [0, 0.1) is 0 Å². The van der Waals surface area contributed by atoms with Crippen molar-refractivity contribution >= 4 is 0 Å². The van der Waals surface area contributed by atoms with E-state index < -0.39 is 0 Å². The van der Waals surface area contributed by atoms with E-state index in [9.17, 15) is 0 Å². The number of aryl methyl sites for hydroxylation is 1. The third-order valence-corrected chi connectivity index (χ3v) is 4.12. The Morgan fingerprint density at radius 1 is 1.37 bits per heavy atom. The predicted octanol–water partition coefficient (Wildman–Crippen LogP) is 2.26. The summed E-state index contributed by atoms with van der Waals surface area (Å²) in [5, 5.41) is 8.07. The number of hydrogen-bond acceptors (Lipinski definition) is 3. The van der Waals surface area contributed by atoms with Gasteiger partial charge in [0.2, 0.25) is 0 Å². The second kappa shape index (κ2) is 7.06. The minimum atomic E-state index is 0.661. The lowest BCUT2D eigenvalue weighted by molar-refractivity contribution is 0.115. The topological polar surface area (TPSA) is 33.1 Å². The lowest BCUT2D eigenvalue weighted by atomic mass is 10.0. The first-order valence-corrected chi connectivity index (χ1v) is 7.75. The van der Waals surface area contributed by atoms with Crippen LogP contribution < -0.4 is 5.32 Å². The third-order valence-electron chi connectivity index (χ3n) is 4.12. The Bertz CT molecular complexity index is 374. The Labute approximate surface area is 117 Å². The number of rotatable bonds is 6. The largest absolute Gasteiger partial charge is 0.311 e. The summed E-state index contributed by atoms with van der Waals surface area (Å²) < 4.78 is 2.02. The molecular formula is C15H28N4. The van der Waals surface area contributed by atoms with Crippen LogP contribution in [0.1, 0.15) is 45.6 Å². The van der Waals surface area contributed by atoms with Gasteiger partial charge in [0, 0.05) is 50.0 Å². The molecule has 1 aromatic heterocycles. The zero-order chi connectivity index (χ0) is 13.7. The van der Waals surface area contributed by atoms with Crippen LogP contribution in [0.5, 0.6) is 0 Å². The molecule has 2 atom stereocenters. The number of nitrogens with one attached hydrogen (secondary N) is 1. The maximum absolute atomic E-state index is 4.38. The zero-order valence-electron chi connectivity index (χ0n) is 12.6. The van der Waals surface area contributed by atoms with Gasteiger partial charge in [-0.25, -0.2) is 0 Å². The molecule has 19 heavy (non-hydrogen) atoms. The molecule has 1 fully saturated rings. The van der Waals surface area contributed by atoms with Crippen LogP contribution in [-0.4, -0.2) is 39.9 Å². The van der Waals surface area contributed by atoms with Gasteiger partial charge >= 0.3 is 0 Å². The van der Waals surface area contributed by atoms with E-state index in [2.05, 4.69) is 42.3 Å². The number of aromatic nitrogens is 2. The summed E-state index contributed by atoms with van der Waals surface area (Å²) in [6.07, 6.45) is 7.96. The van der Waals surface area contributed by atoms with E-state index in [1.165, 1.54) is 31.4 Å². The first-order valence-electron chi connectivity index (χ1n) is 7.75. The normalized spacial score (nSPS) is 24.8. The highest BCUT2D eigenvalue weighted by atomic mass is 15.3. The molecule has 4 heteroatoms. The first kappa shape index (κ1) is 14.5. The molecular weight excluding hydrogens is 236 g/mol. The van der Waals surface area contributed by atoms with Gasteiger partial charge in [-0.15, -0.1) is 0 Å². The summed E-state index contributed by atoms with van der Waals surface area (Å²) in [6, 6.07) is 1.33. The minimum Gasteiger partial charge on any atom is -0.311 e. The summed E-state index contributed by atoms with van der Waals surface area (Å²) in [4.78, 5) is 2.63. The molecule has 0 radical (unpaired) electrons. The standard InChI is InChI=1S/C15H28N4/c1-4-7-14-12-18(15(5-2)9-16-14)10-13-8-17-19(6-3)11-13/h8,11,14-16H,4-7,9-10,12H2,1-3H3. The number of nitrogens with zero attached hydrogens (tertiary/aromatic N) is 3. The van der Waals surface area contributed by atoms with Crippen molar-refractivity contribution in [3.63, 3.8) is 0 Å². The Balaban J connectivity index is 1.97. The van der Waals surface area contributed by atoms with E-state index in [4.69, 9.17) is 0 Å². The van der Waals surface area contributed by atoms with Gasteiger partial charge in [-0.2, -0.15) is 5.10 Å². The fraction of sp³-hybridized carbons (Fsp3) is 0.800. The van der Waals surface area contributed by atoms with E-state index in [0.29, 0.717) is 12.1 Å². The molecule has 0 aliphatic carbocycles. The molecule has 2 unspecified atom stereocenters. The fourth-order valence-corrected chi connectivity index (χ4v) is 2.96. The van der Waals surface area contributed by atoms with Gasteiger partial charge < -0.3 is 5.32 Å². The highest BCUT2D eigenvalue weighted by Crippen LogP contribution is 2.16. The van der Waals surface area contributed by atoms with Gasteiger partial charge in [0.15, 0.2) is 0 Å². The summed E-state index contributed by atoms with van der Waals surface area (Å²) >= 11 is 0. The highest BCUT2D eigenvalue weighted by Gasteiger charge is 2.26. The van der Waals surface area contributed by atoms with Crippen molar-refractivity contribution in [3.05, 3.63) is 18.0 Å². The van der Waals surface area contributed by atoms with Crippen LogP contribution >= 0.6 is 0 Å². The van der Waals surface area contributed by atoms with Crippen molar-refractivity contribution < 1.29 is 0 Å². The van der Waals surface area contributed by atoms with Crippen molar-refractivity contribution in [2.45, 2.75) is 65.2 Å². The molecule has 1 N–H and O–H groups in total. The van der Waals surface area contributed by atoms with E-state index in [1.54, 1.807) is 0 Å². The Morgan fingerprint density at radius 2 is 2.21 bits per heavy atom. The van der Waals surface area contributed by atoms with Crippen LogP contribution in [0.25, 0.3) is 0 Å². The van der Waals surface area contributed by atoms with Crippen molar-refractivity contribution in [1.29, 1.82) is 0 Å². The Hall–Kier alpha value is -0.870. The highest BCUT2D eigenvalue weighted by molar-refractivity contribution is 5.05. The quantitative estimate of drug-likeness (QED) is 0.855. The average molecular weight is 264 g/mol. The molecule has 1 aliphatic heterocycles. The zero-order valence-corrected chi connectivity index (χ0v) is 12.6. The SMILES string of the molecule is CCCC1CN(Cc2cnn(CC)c2)C(CC)CN1. The van der Waals surface area contributed by atoms with Gasteiger partial charge in [0.05, 0.1) is 6.20 Å². The Morgan fingerprint density at radius 3 is 2.84 bits per heavy atom. The molecule has 2 heterocycles. The lowest BCUT2D eigenvalue weighted by Crippen LogP contribution is -2.55. The molecule has 0 spiro atoms. The molecule has 1 aromatic rings. The minimum absolute atomic E-state index is 0.661. The third kappa shape index (κ3) is 3.80. The van der Waals surface area contributed by atoms with Crippen LogP contribution in [-0.2, 0) is 13.1 Å². The Kier molecular flexibility index (Phi) is 5.40. The molecule has 0 saturated carbocycles. The first-order chi connectivity index (χ1) is 9.26. The average Bonchev–Trinajstić information content (AvgIpc) is 2.87. The summed E-state index contributed by atoms with van der Waals surface area (Å²) in [6.45, 7) is 11.0. The van der Waals surface area contributed by atoms with Crippen LogP contribution in [0.3, 0.4) is 0 Å². The van der Waals surface area contributed by atoms with E-state index in [-0.39, 0.29) is 0 Å². The molecule has 0 bridgehead atoms.